The molecule has 4 nitrogen and oxygen atoms in total. The Labute approximate surface area is 126 Å². The second-order valence-corrected chi connectivity index (χ2v) is 5.63. The van der Waals surface area contributed by atoms with E-state index in [0.717, 1.165) is 31.4 Å². The summed E-state index contributed by atoms with van der Waals surface area (Å²) in [7, 11) is 0. The van der Waals surface area contributed by atoms with Crippen molar-refractivity contribution in [2.24, 2.45) is 0 Å². The first kappa shape index (κ1) is 13.9. The molecule has 1 aliphatic rings. The monoisotopic (exact) mass is 282 g/mol. The molecular weight excluding hydrogens is 260 g/mol. The fourth-order valence-electron chi connectivity index (χ4n) is 2.71. The van der Waals surface area contributed by atoms with Gasteiger partial charge in [-0.25, -0.2) is 4.98 Å². The van der Waals surface area contributed by atoms with E-state index in [-0.39, 0.29) is 0 Å². The van der Waals surface area contributed by atoms with Crippen LogP contribution in [-0.4, -0.2) is 23.1 Å². The summed E-state index contributed by atoms with van der Waals surface area (Å²) in [6.07, 6.45) is 5.64. The van der Waals surface area contributed by atoms with Crippen molar-refractivity contribution in [1.29, 1.82) is 0 Å². The van der Waals surface area contributed by atoms with Crippen LogP contribution in [0.15, 0.2) is 36.5 Å². The summed E-state index contributed by atoms with van der Waals surface area (Å²) in [5.41, 5.74) is 2.55. The van der Waals surface area contributed by atoms with Crippen LogP contribution in [0.25, 0.3) is 0 Å². The van der Waals surface area contributed by atoms with E-state index in [1.165, 1.54) is 30.4 Å². The quantitative estimate of drug-likeness (QED) is 0.933. The minimum Gasteiger partial charge on any atom is -0.366 e. The Balaban J connectivity index is 1.65. The fraction of sp³-hybridized carbons (Fsp3) is 0.412. The SMILES string of the molecule is Cc1cccc(CNc2ccnc(N3CCCCC3)n2)c1. The van der Waals surface area contributed by atoms with Crippen LogP contribution in [0, 0.1) is 6.92 Å². The molecule has 1 N–H and O–H groups in total. The molecule has 0 spiro atoms. The van der Waals surface area contributed by atoms with E-state index in [4.69, 9.17) is 0 Å². The van der Waals surface area contributed by atoms with Gasteiger partial charge in [-0.15, -0.1) is 0 Å². The van der Waals surface area contributed by atoms with Crippen LogP contribution in [0.5, 0.6) is 0 Å². The zero-order chi connectivity index (χ0) is 14.5. The van der Waals surface area contributed by atoms with Gasteiger partial charge in [0.25, 0.3) is 0 Å². The molecule has 110 valence electrons. The number of nitrogens with zero attached hydrogens (tertiary/aromatic N) is 3. The zero-order valence-corrected chi connectivity index (χ0v) is 12.5. The zero-order valence-electron chi connectivity index (χ0n) is 12.5. The first-order valence-electron chi connectivity index (χ1n) is 7.69. The predicted molar refractivity (Wildman–Crippen MR) is 86.6 cm³/mol. The highest BCUT2D eigenvalue weighted by Gasteiger charge is 2.13. The fourth-order valence-corrected chi connectivity index (χ4v) is 2.71. The molecule has 0 amide bonds. The Kier molecular flexibility index (Phi) is 4.34. The molecular formula is C17H22N4. The normalized spacial score (nSPS) is 15.0. The van der Waals surface area contributed by atoms with Crippen molar-refractivity contribution in [3.8, 4) is 0 Å². The Morgan fingerprint density at radius 2 is 2.00 bits per heavy atom. The second-order valence-electron chi connectivity index (χ2n) is 5.63. The molecule has 21 heavy (non-hydrogen) atoms. The highest BCUT2D eigenvalue weighted by Crippen LogP contribution is 2.17. The summed E-state index contributed by atoms with van der Waals surface area (Å²) < 4.78 is 0. The molecule has 0 saturated carbocycles. The van der Waals surface area contributed by atoms with Crippen LogP contribution >= 0.6 is 0 Å². The van der Waals surface area contributed by atoms with E-state index in [2.05, 4.69) is 51.4 Å². The number of piperidine rings is 1. The van der Waals surface area contributed by atoms with Gasteiger partial charge in [0.2, 0.25) is 5.95 Å². The van der Waals surface area contributed by atoms with Crippen molar-refractivity contribution in [3.05, 3.63) is 47.7 Å². The van der Waals surface area contributed by atoms with Gasteiger partial charge in [-0.2, -0.15) is 4.98 Å². The molecule has 1 fully saturated rings. The Morgan fingerprint density at radius 3 is 2.81 bits per heavy atom. The van der Waals surface area contributed by atoms with Crippen LogP contribution in [0.2, 0.25) is 0 Å². The van der Waals surface area contributed by atoms with Crippen molar-refractivity contribution >= 4 is 11.8 Å². The van der Waals surface area contributed by atoms with Gasteiger partial charge in [-0.05, 0) is 37.8 Å². The summed E-state index contributed by atoms with van der Waals surface area (Å²) in [4.78, 5) is 11.3. The maximum atomic E-state index is 4.64. The lowest BCUT2D eigenvalue weighted by Crippen LogP contribution is -2.31. The lowest BCUT2D eigenvalue weighted by Gasteiger charge is -2.26. The van der Waals surface area contributed by atoms with E-state index in [1.54, 1.807) is 0 Å². The van der Waals surface area contributed by atoms with Crippen molar-refractivity contribution in [2.45, 2.75) is 32.7 Å². The maximum Gasteiger partial charge on any atom is 0.227 e. The third kappa shape index (κ3) is 3.72. The smallest absolute Gasteiger partial charge is 0.227 e. The van der Waals surface area contributed by atoms with Gasteiger partial charge >= 0.3 is 0 Å². The molecule has 0 bridgehead atoms. The molecule has 4 heteroatoms. The van der Waals surface area contributed by atoms with E-state index in [0.29, 0.717) is 0 Å². The van der Waals surface area contributed by atoms with Gasteiger partial charge in [0.1, 0.15) is 5.82 Å². The Bertz CT molecular complexity index is 591. The topological polar surface area (TPSA) is 41.1 Å². The molecule has 0 atom stereocenters. The van der Waals surface area contributed by atoms with Crippen molar-refractivity contribution in [3.63, 3.8) is 0 Å². The van der Waals surface area contributed by atoms with Gasteiger partial charge < -0.3 is 10.2 Å². The molecule has 0 unspecified atom stereocenters. The lowest BCUT2D eigenvalue weighted by molar-refractivity contribution is 0.568. The third-order valence-electron chi connectivity index (χ3n) is 3.84. The van der Waals surface area contributed by atoms with Gasteiger partial charge in [0.15, 0.2) is 0 Å². The molecule has 0 aliphatic carbocycles. The summed E-state index contributed by atoms with van der Waals surface area (Å²) in [6, 6.07) is 10.5. The van der Waals surface area contributed by atoms with E-state index in [9.17, 15) is 0 Å². The summed E-state index contributed by atoms with van der Waals surface area (Å²) in [5, 5.41) is 3.39. The number of benzene rings is 1. The Hall–Kier alpha value is -2.10. The average Bonchev–Trinajstić information content (AvgIpc) is 2.54. The van der Waals surface area contributed by atoms with Crippen molar-refractivity contribution in [1.82, 2.24) is 9.97 Å². The highest BCUT2D eigenvalue weighted by atomic mass is 15.3. The highest BCUT2D eigenvalue weighted by molar-refractivity contribution is 5.42. The number of nitrogens with one attached hydrogen (secondary N) is 1. The van der Waals surface area contributed by atoms with Crippen LogP contribution in [0.3, 0.4) is 0 Å². The number of rotatable bonds is 4. The predicted octanol–water partition coefficient (Wildman–Crippen LogP) is 3.39. The molecule has 3 rings (SSSR count). The molecule has 2 aromatic rings. The first-order chi connectivity index (χ1) is 10.3. The van der Waals surface area contributed by atoms with Gasteiger partial charge in [0.05, 0.1) is 0 Å². The molecule has 1 aromatic carbocycles. The summed E-state index contributed by atoms with van der Waals surface area (Å²) in [6.45, 7) is 5.05. The minimum absolute atomic E-state index is 0.790. The standard InChI is InChI=1S/C17H22N4/c1-14-6-5-7-15(12-14)13-19-16-8-9-18-17(20-16)21-10-3-2-4-11-21/h5-9,12H,2-4,10-11,13H2,1H3,(H,18,19,20). The molecule has 0 radical (unpaired) electrons. The molecule has 1 saturated heterocycles. The third-order valence-corrected chi connectivity index (χ3v) is 3.84. The number of aryl methyl sites for hydroxylation is 1. The van der Waals surface area contributed by atoms with E-state index < -0.39 is 0 Å². The van der Waals surface area contributed by atoms with Crippen LogP contribution in [0.1, 0.15) is 30.4 Å². The Morgan fingerprint density at radius 1 is 1.14 bits per heavy atom. The van der Waals surface area contributed by atoms with Crippen molar-refractivity contribution < 1.29 is 0 Å². The maximum absolute atomic E-state index is 4.64. The lowest BCUT2D eigenvalue weighted by atomic mass is 10.1. The molecule has 2 heterocycles. The van der Waals surface area contributed by atoms with Gasteiger partial charge in [-0.3, -0.25) is 0 Å². The largest absolute Gasteiger partial charge is 0.366 e. The van der Waals surface area contributed by atoms with Crippen molar-refractivity contribution in [2.75, 3.05) is 23.3 Å². The first-order valence-corrected chi connectivity index (χ1v) is 7.69. The van der Waals surface area contributed by atoms with Gasteiger partial charge in [0, 0.05) is 25.8 Å². The summed E-state index contributed by atoms with van der Waals surface area (Å²) >= 11 is 0. The number of anilines is 2. The van der Waals surface area contributed by atoms with Crippen LogP contribution < -0.4 is 10.2 Å². The summed E-state index contributed by atoms with van der Waals surface area (Å²) in [5.74, 6) is 1.75. The van der Waals surface area contributed by atoms with Crippen LogP contribution in [0.4, 0.5) is 11.8 Å². The van der Waals surface area contributed by atoms with E-state index in [1.807, 2.05) is 12.3 Å². The van der Waals surface area contributed by atoms with E-state index >= 15 is 0 Å². The number of hydrogen-bond acceptors (Lipinski definition) is 4. The average molecular weight is 282 g/mol. The molecule has 1 aromatic heterocycles. The molecule has 1 aliphatic heterocycles. The minimum atomic E-state index is 0.790. The van der Waals surface area contributed by atoms with Crippen LogP contribution in [-0.2, 0) is 6.54 Å². The number of aromatic nitrogens is 2. The van der Waals surface area contributed by atoms with Gasteiger partial charge in [-0.1, -0.05) is 29.8 Å². The second kappa shape index (κ2) is 6.57. The number of hydrogen-bond donors (Lipinski definition) is 1.